The molecule has 0 radical (unpaired) electrons. The Morgan fingerprint density at radius 3 is 2.24 bits per heavy atom. The van der Waals surface area contributed by atoms with Crippen LogP contribution in [0.25, 0.3) is 0 Å². The van der Waals surface area contributed by atoms with Gasteiger partial charge in [-0.25, -0.2) is 0 Å². The molecule has 218 valence electrons. The molecular formula is C32H40N4O5. The summed E-state index contributed by atoms with van der Waals surface area (Å²) in [6.45, 7) is 6.90. The second-order valence-corrected chi connectivity index (χ2v) is 11.0. The molecule has 9 heteroatoms. The predicted molar refractivity (Wildman–Crippen MR) is 160 cm³/mol. The molecule has 41 heavy (non-hydrogen) atoms. The molecule has 0 spiro atoms. The number of hydrogen-bond donors (Lipinski definition) is 5. The summed E-state index contributed by atoms with van der Waals surface area (Å²) < 4.78 is 5.32. The van der Waals surface area contributed by atoms with Crippen LogP contribution in [0.1, 0.15) is 59.0 Å². The summed E-state index contributed by atoms with van der Waals surface area (Å²) >= 11 is 0. The summed E-state index contributed by atoms with van der Waals surface area (Å²) in [4.78, 5) is 39.0. The van der Waals surface area contributed by atoms with Crippen LogP contribution in [0, 0.1) is 5.41 Å². The van der Waals surface area contributed by atoms with Crippen molar-refractivity contribution in [3.05, 3.63) is 95.1 Å². The van der Waals surface area contributed by atoms with E-state index in [0.29, 0.717) is 35.5 Å². The Bertz CT molecular complexity index is 1300. The van der Waals surface area contributed by atoms with Crippen molar-refractivity contribution < 1.29 is 24.2 Å². The van der Waals surface area contributed by atoms with Crippen molar-refractivity contribution in [2.75, 3.05) is 25.1 Å². The summed E-state index contributed by atoms with van der Waals surface area (Å²) in [5.74, 6) is -0.380. The average Bonchev–Trinajstić information content (AvgIpc) is 2.95. The first kappa shape index (κ1) is 31.3. The van der Waals surface area contributed by atoms with Crippen molar-refractivity contribution in [2.24, 2.45) is 11.1 Å². The Morgan fingerprint density at radius 2 is 1.61 bits per heavy atom. The second kappa shape index (κ2) is 15.0. The first-order chi connectivity index (χ1) is 19.6. The zero-order valence-corrected chi connectivity index (χ0v) is 23.9. The standard InChI is InChI=1S/C32H40N4O5/c1-32(2,3)20-28(31(40)35-26-11-7-22(8-12-26)15-16-33)36-30(39)25-6-4-5-23(19-25)21-34-29(38)24-9-13-27(14-10-24)41-18-17-37/h4-14,19,28,37H,15-18,20-21,33H2,1-3H3,(H,34,38)(H,35,40)(H,36,39)/t28-/m0/s1. The average molecular weight is 561 g/mol. The lowest BCUT2D eigenvalue weighted by atomic mass is 9.87. The third-order valence-corrected chi connectivity index (χ3v) is 6.21. The van der Waals surface area contributed by atoms with Gasteiger partial charge in [-0.05, 0) is 84.5 Å². The van der Waals surface area contributed by atoms with Crippen molar-refractivity contribution >= 4 is 23.4 Å². The van der Waals surface area contributed by atoms with Gasteiger partial charge in [0.1, 0.15) is 18.4 Å². The number of carbonyl (C=O) groups excluding carboxylic acids is 3. The lowest BCUT2D eigenvalue weighted by Crippen LogP contribution is -2.45. The Hall–Kier alpha value is -4.21. The van der Waals surface area contributed by atoms with Gasteiger partial charge in [-0.15, -0.1) is 0 Å². The highest BCUT2D eigenvalue weighted by Gasteiger charge is 2.27. The summed E-state index contributed by atoms with van der Waals surface area (Å²) in [5, 5.41) is 17.5. The van der Waals surface area contributed by atoms with Gasteiger partial charge in [0.2, 0.25) is 5.91 Å². The van der Waals surface area contributed by atoms with E-state index in [4.69, 9.17) is 15.6 Å². The van der Waals surface area contributed by atoms with E-state index < -0.39 is 6.04 Å². The third-order valence-electron chi connectivity index (χ3n) is 6.21. The molecule has 0 fully saturated rings. The summed E-state index contributed by atoms with van der Waals surface area (Å²) in [6, 6.07) is 20.3. The van der Waals surface area contributed by atoms with Crippen molar-refractivity contribution in [1.29, 1.82) is 0 Å². The smallest absolute Gasteiger partial charge is 0.251 e. The van der Waals surface area contributed by atoms with Crippen molar-refractivity contribution in [3.8, 4) is 5.75 Å². The quantitative estimate of drug-likeness (QED) is 0.216. The predicted octanol–water partition coefficient (Wildman–Crippen LogP) is 3.66. The highest BCUT2D eigenvalue weighted by atomic mass is 16.5. The van der Waals surface area contributed by atoms with Crippen molar-refractivity contribution in [3.63, 3.8) is 0 Å². The molecule has 0 bridgehead atoms. The SMILES string of the molecule is CC(C)(C)C[C@H](NC(=O)c1cccc(CNC(=O)c2ccc(OCCO)cc2)c1)C(=O)Nc1ccc(CCN)cc1. The van der Waals surface area contributed by atoms with Crippen LogP contribution in [0.15, 0.2) is 72.8 Å². The molecule has 0 aliphatic carbocycles. The van der Waals surface area contributed by atoms with Crippen LogP contribution in [0.4, 0.5) is 5.69 Å². The first-order valence-corrected chi connectivity index (χ1v) is 13.7. The molecule has 0 aromatic heterocycles. The third kappa shape index (κ3) is 10.4. The van der Waals surface area contributed by atoms with Crippen LogP contribution >= 0.6 is 0 Å². The molecule has 0 heterocycles. The molecule has 3 amide bonds. The van der Waals surface area contributed by atoms with Crippen molar-refractivity contribution in [1.82, 2.24) is 10.6 Å². The van der Waals surface area contributed by atoms with Gasteiger partial charge < -0.3 is 31.5 Å². The molecular weight excluding hydrogens is 520 g/mol. The zero-order chi connectivity index (χ0) is 29.8. The molecule has 0 aliphatic rings. The number of hydrogen-bond acceptors (Lipinski definition) is 6. The zero-order valence-electron chi connectivity index (χ0n) is 23.9. The number of nitrogens with one attached hydrogen (secondary N) is 3. The highest BCUT2D eigenvalue weighted by molar-refractivity contribution is 6.01. The van der Waals surface area contributed by atoms with Crippen LogP contribution in [0.2, 0.25) is 0 Å². The van der Waals surface area contributed by atoms with E-state index in [-0.39, 0.29) is 42.9 Å². The van der Waals surface area contributed by atoms with Crippen LogP contribution in [-0.2, 0) is 17.8 Å². The number of anilines is 1. The fourth-order valence-electron chi connectivity index (χ4n) is 4.19. The molecule has 0 unspecified atom stereocenters. The highest BCUT2D eigenvalue weighted by Crippen LogP contribution is 2.22. The fourth-order valence-corrected chi connectivity index (χ4v) is 4.19. The number of carbonyl (C=O) groups is 3. The molecule has 0 saturated carbocycles. The lowest BCUT2D eigenvalue weighted by molar-refractivity contribution is -0.118. The molecule has 3 aromatic carbocycles. The lowest BCUT2D eigenvalue weighted by Gasteiger charge is -2.26. The number of rotatable bonds is 13. The fraction of sp³-hybridized carbons (Fsp3) is 0.344. The molecule has 0 aliphatic heterocycles. The minimum absolute atomic E-state index is 0.0892. The topological polar surface area (TPSA) is 143 Å². The maximum atomic E-state index is 13.2. The molecule has 3 aromatic rings. The van der Waals surface area contributed by atoms with E-state index in [0.717, 1.165) is 17.5 Å². The number of benzene rings is 3. The van der Waals surface area contributed by atoms with E-state index in [9.17, 15) is 14.4 Å². The first-order valence-electron chi connectivity index (χ1n) is 13.7. The van der Waals surface area contributed by atoms with Gasteiger partial charge in [0.15, 0.2) is 0 Å². The van der Waals surface area contributed by atoms with Crippen LogP contribution in [-0.4, -0.2) is 48.6 Å². The Labute approximate surface area is 241 Å². The number of aliphatic hydroxyl groups excluding tert-OH is 1. The maximum absolute atomic E-state index is 13.2. The van der Waals surface area contributed by atoms with E-state index in [1.807, 2.05) is 51.1 Å². The molecule has 3 rings (SSSR count). The van der Waals surface area contributed by atoms with Gasteiger partial charge >= 0.3 is 0 Å². The van der Waals surface area contributed by atoms with Gasteiger partial charge in [-0.2, -0.15) is 0 Å². The summed E-state index contributed by atoms with van der Waals surface area (Å²) in [5.41, 5.74) is 8.72. The molecule has 0 saturated heterocycles. The minimum Gasteiger partial charge on any atom is -0.491 e. The Morgan fingerprint density at radius 1 is 0.902 bits per heavy atom. The van der Waals surface area contributed by atoms with E-state index in [1.165, 1.54) is 0 Å². The minimum atomic E-state index is -0.751. The van der Waals surface area contributed by atoms with Crippen LogP contribution in [0.5, 0.6) is 5.75 Å². The molecule has 9 nitrogen and oxygen atoms in total. The van der Waals surface area contributed by atoms with Gasteiger partial charge in [0.05, 0.1) is 6.61 Å². The molecule has 1 atom stereocenters. The van der Waals surface area contributed by atoms with Crippen molar-refractivity contribution in [2.45, 2.75) is 46.2 Å². The number of aliphatic hydroxyl groups is 1. The van der Waals surface area contributed by atoms with Gasteiger partial charge in [0, 0.05) is 23.4 Å². The van der Waals surface area contributed by atoms with Crippen LogP contribution < -0.4 is 26.4 Å². The monoisotopic (exact) mass is 560 g/mol. The summed E-state index contributed by atoms with van der Waals surface area (Å²) in [7, 11) is 0. The van der Waals surface area contributed by atoms with E-state index >= 15 is 0 Å². The second-order valence-electron chi connectivity index (χ2n) is 11.0. The molecule has 6 N–H and O–H groups in total. The summed E-state index contributed by atoms with van der Waals surface area (Å²) in [6.07, 6.45) is 1.20. The number of nitrogens with two attached hydrogens (primary N) is 1. The number of ether oxygens (including phenoxy) is 1. The van der Waals surface area contributed by atoms with Gasteiger partial charge in [-0.3, -0.25) is 14.4 Å². The maximum Gasteiger partial charge on any atom is 0.251 e. The van der Waals surface area contributed by atoms with E-state index in [1.54, 1.807) is 42.5 Å². The van der Waals surface area contributed by atoms with E-state index in [2.05, 4.69) is 16.0 Å². The largest absolute Gasteiger partial charge is 0.491 e. The normalized spacial score (nSPS) is 11.8. The van der Waals surface area contributed by atoms with Gasteiger partial charge in [0.25, 0.3) is 11.8 Å². The number of amides is 3. The Balaban J connectivity index is 1.63. The van der Waals surface area contributed by atoms with Crippen LogP contribution in [0.3, 0.4) is 0 Å². The Kier molecular flexibility index (Phi) is 11.4. The van der Waals surface area contributed by atoms with Gasteiger partial charge in [-0.1, -0.05) is 45.0 Å².